The van der Waals surface area contributed by atoms with E-state index in [-0.39, 0.29) is 17.3 Å². The van der Waals surface area contributed by atoms with Gasteiger partial charge in [0.15, 0.2) is 15.0 Å². The van der Waals surface area contributed by atoms with Crippen LogP contribution in [0.3, 0.4) is 0 Å². The Morgan fingerprint density at radius 2 is 2.04 bits per heavy atom. The smallest absolute Gasteiger partial charge is 0.247 e. The Kier molecular flexibility index (Phi) is 4.14. The number of nitrogens with one attached hydrogen (secondary N) is 1. The molecule has 1 N–H and O–H groups in total. The van der Waals surface area contributed by atoms with E-state index in [1.54, 1.807) is 16.8 Å². The lowest BCUT2D eigenvalue weighted by molar-refractivity contribution is -0.116. The summed E-state index contributed by atoms with van der Waals surface area (Å²) in [4.78, 5) is 16.7. The second kappa shape index (κ2) is 5.99. The van der Waals surface area contributed by atoms with Gasteiger partial charge in [-0.05, 0) is 38.1 Å². The van der Waals surface area contributed by atoms with Crippen LogP contribution in [0.1, 0.15) is 11.4 Å². The molecular weight excluding hydrogens is 348 g/mol. The van der Waals surface area contributed by atoms with E-state index >= 15 is 0 Å². The molecular formula is C15H16N4O3S2. The number of carbonyl (C=O) groups is 1. The van der Waals surface area contributed by atoms with E-state index in [1.165, 1.54) is 17.4 Å². The maximum absolute atomic E-state index is 12.1. The molecule has 0 radical (unpaired) electrons. The van der Waals surface area contributed by atoms with Crippen LogP contribution in [0, 0.1) is 13.8 Å². The predicted octanol–water partition coefficient (Wildman–Crippen LogP) is 2.15. The minimum absolute atomic E-state index is 0.101. The molecule has 0 aliphatic heterocycles. The summed E-state index contributed by atoms with van der Waals surface area (Å²) < 4.78 is 25.5. The van der Waals surface area contributed by atoms with E-state index in [2.05, 4.69) is 15.4 Å². The van der Waals surface area contributed by atoms with Gasteiger partial charge in [-0.25, -0.2) is 13.4 Å². The van der Waals surface area contributed by atoms with Crippen LogP contribution in [0.25, 0.3) is 10.2 Å². The number of benzene rings is 1. The largest absolute Gasteiger partial charge is 0.300 e. The molecule has 3 aromatic rings. The standard InChI is InChI=1S/C15H16N4O3S2/c1-9-6-10(2)19(18-9)8-14(20)17-15-16-12-5-4-11(24(3,21)22)7-13(12)23-15/h4-7H,8H2,1-3H3,(H,16,17,20). The molecule has 0 spiro atoms. The number of carbonyl (C=O) groups excluding carboxylic acids is 1. The van der Waals surface area contributed by atoms with Gasteiger partial charge in [-0.1, -0.05) is 11.3 Å². The number of fused-ring (bicyclic) bond motifs is 1. The molecule has 0 saturated carbocycles. The maximum Gasteiger partial charge on any atom is 0.247 e. The summed E-state index contributed by atoms with van der Waals surface area (Å²) >= 11 is 1.24. The molecule has 2 aromatic heterocycles. The number of hydrogen-bond donors (Lipinski definition) is 1. The average Bonchev–Trinajstić information content (AvgIpc) is 2.99. The number of thiazole rings is 1. The van der Waals surface area contributed by atoms with Crippen LogP contribution in [-0.4, -0.2) is 35.3 Å². The van der Waals surface area contributed by atoms with Crippen LogP contribution < -0.4 is 5.32 Å². The van der Waals surface area contributed by atoms with Gasteiger partial charge in [0.1, 0.15) is 6.54 Å². The zero-order valence-electron chi connectivity index (χ0n) is 13.4. The zero-order chi connectivity index (χ0) is 17.5. The summed E-state index contributed by atoms with van der Waals surface area (Å²) in [6, 6.07) is 6.62. The van der Waals surface area contributed by atoms with Crippen molar-refractivity contribution in [3.63, 3.8) is 0 Å². The van der Waals surface area contributed by atoms with E-state index < -0.39 is 9.84 Å². The number of aryl methyl sites for hydroxylation is 2. The highest BCUT2D eigenvalue weighted by Gasteiger charge is 2.13. The third-order valence-electron chi connectivity index (χ3n) is 3.43. The SMILES string of the molecule is Cc1cc(C)n(CC(=O)Nc2nc3ccc(S(C)(=O)=O)cc3s2)n1. The van der Waals surface area contributed by atoms with Gasteiger partial charge < -0.3 is 5.32 Å². The van der Waals surface area contributed by atoms with E-state index in [1.807, 2.05) is 19.9 Å². The lowest BCUT2D eigenvalue weighted by atomic mass is 10.3. The third kappa shape index (κ3) is 3.46. The molecule has 1 aromatic carbocycles. The molecule has 0 bridgehead atoms. The number of sulfone groups is 1. The molecule has 0 aliphatic carbocycles. The van der Waals surface area contributed by atoms with Crippen molar-refractivity contribution in [1.82, 2.24) is 14.8 Å². The van der Waals surface area contributed by atoms with Crippen LogP contribution in [0.5, 0.6) is 0 Å². The van der Waals surface area contributed by atoms with E-state index in [0.717, 1.165) is 17.6 Å². The molecule has 3 rings (SSSR count). The molecule has 0 fully saturated rings. The highest BCUT2D eigenvalue weighted by atomic mass is 32.2. The highest BCUT2D eigenvalue weighted by Crippen LogP contribution is 2.28. The van der Waals surface area contributed by atoms with Gasteiger partial charge in [0.05, 0.1) is 20.8 Å². The second-order valence-corrected chi connectivity index (χ2v) is 8.60. The van der Waals surface area contributed by atoms with E-state index in [0.29, 0.717) is 15.3 Å². The average molecular weight is 364 g/mol. The number of hydrogen-bond acceptors (Lipinski definition) is 6. The first-order chi connectivity index (χ1) is 11.2. The molecule has 24 heavy (non-hydrogen) atoms. The molecule has 0 atom stereocenters. The monoisotopic (exact) mass is 364 g/mol. The maximum atomic E-state index is 12.1. The number of aromatic nitrogens is 3. The van der Waals surface area contributed by atoms with Gasteiger partial charge in [0, 0.05) is 11.9 Å². The Balaban J connectivity index is 1.80. The molecule has 0 unspecified atom stereocenters. The normalized spacial score (nSPS) is 11.8. The zero-order valence-corrected chi connectivity index (χ0v) is 15.0. The summed E-state index contributed by atoms with van der Waals surface area (Å²) in [6.07, 6.45) is 1.16. The van der Waals surface area contributed by atoms with Crippen molar-refractivity contribution < 1.29 is 13.2 Å². The van der Waals surface area contributed by atoms with Crippen molar-refractivity contribution in [3.05, 3.63) is 35.7 Å². The Bertz CT molecular complexity index is 1030. The fraction of sp³-hybridized carbons (Fsp3) is 0.267. The summed E-state index contributed by atoms with van der Waals surface area (Å²) in [5.41, 5.74) is 2.41. The first kappa shape index (κ1) is 16.6. The number of rotatable bonds is 4. The predicted molar refractivity (Wildman–Crippen MR) is 93.1 cm³/mol. The lowest BCUT2D eigenvalue weighted by Gasteiger charge is -2.03. The molecule has 0 aliphatic rings. The first-order valence-corrected chi connectivity index (χ1v) is 9.85. The van der Waals surface area contributed by atoms with Gasteiger partial charge in [-0.2, -0.15) is 5.10 Å². The van der Waals surface area contributed by atoms with E-state index in [9.17, 15) is 13.2 Å². The van der Waals surface area contributed by atoms with Crippen LogP contribution in [0.2, 0.25) is 0 Å². The third-order valence-corrected chi connectivity index (χ3v) is 5.47. The molecule has 1 amide bonds. The van der Waals surface area contributed by atoms with Crippen LogP contribution in [0.4, 0.5) is 5.13 Å². The van der Waals surface area contributed by atoms with Crippen LogP contribution in [0.15, 0.2) is 29.2 Å². The number of anilines is 1. The number of nitrogens with zero attached hydrogens (tertiary/aromatic N) is 3. The lowest BCUT2D eigenvalue weighted by Crippen LogP contribution is -2.20. The fourth-order valence-electron chi connectivity index (χ4n) is 2.32. The molecule has 126 valence electrons. The molecule has 7 nitrogen and oxygen atoms in total. The van der Waals surface area contributed by atoms with Gasteiger partial charge >= 0.3 is 0 Å². The van der Waals surface area contributed by atoms with Crippen molar-refractivity contribution in [2.75, 3.05) is 11.6 Å². The van der Waals surface area contributed by atoms with Gasteiger partial charge in [-0.3, -0.25) is 9.48 Å². The van der Waals surface area contributed by atoms with Crippen molar-refractivity contribution >= 4 is 42.4 Å². The van der Waals surface area contributed by atoms with Crippen molar-refractivity contribution in [1.29, 1.82) is 0 Å². The summed E-state index contributed by atoms with van der Waals surface area (Å²) in [6.45, 7) is 3.86. The summed E-state index contributed by atoms with van der Waals surface area (Å²) in [5, 5.41) is 7.41. The molecule has 9 heteroatoms. The Morgan fingerprint density at radius 3 is 2.67 bits per heavy atom. The topological polar surface area (TPSA) is 94.0 Å². The van der Waals surface area contributed by atoms with Crippen LogP contribution >= 0.6 is 11.3 Å². The Hall–Kier alpha value is -2.26. The Labute approximate surface area is 143 Å². The van der Waals surface area contributed by atoms with Crippen LogP contribution in [-0.2, 0) is 21.2 Å². The van der Waals surface area contributed by atoms with Gasteiger partial charge in [0.2, 0.25) is 5.91 Å². The quantitative estimate of drug-likeness (QED) is 0.765. The molecule has 2 heterocycles. The van der Waals surface area contributed by atoms with Crippen molar-refractivity contribution in [2.45, 2.75) is 25.3 Å². The second-order valence-electron chi connectivity index (χ2n) is 5.55. The van der Waals surface area contributed by atoms with Crippen molar-refractivity contribution in [2.24, 2.45) is 0 Å². The molecule has 0 saturated heterocycles. The minimum Gasteiger partial charge on any atom is -0.300 e. The fourth-order valence-corrected chi connectivity index (χ4v) is 3.96. The summed E-state index contributed by atoms with van der Waals surface area (Å²) in [5.74, 6) is -0.233. The number of amides is 1. The van der Waals surface area contributed by atoms with Gasteiger partial charge in [0.25, 0.3) is 0 Å². The van der Waals surface area contributed by atoms with Gasteiger partial charge in [-0.15, -0.1) is 0 Å². The highest BCUT2D eigenvalue weighted by molar-refractivity contribution is 7.90. The van der Waals surface area contributed by atoms with E-state index in [4.69, 9.17) is 0 Å². The Morgan fingerprint density at radius 1 is 1.29 bits per heavy atom. The van der Waals surface area contributed by atoms with Crippen molar-refractivity contribution in [3.8, 4) is 0 Å². The first-order valence-electron chi connectivity index (χ1n) is 7.14. The minimum atomic E-state index is -3.27. The summed E-state index contributed by atoms with van der Waals surface area (Å²) in [7, 11) is -3.27.